The molecule has 0 spiro atoms. The molecule has 0 saturated carbocycles. The second-order valence-corrected chi connectivity index (χ2v) is 18.9. The Kier molecular flexibility index (Phi) is 45.8. The Bertz CT molecular complexity index is 1140. The molecule has 9 nitrogen and oxygen atoms in total. The summed E-state index contributed by atoms with van der Waals surface area (Å²) in [6.45, 7) is 5.36. The monoisotopic (exact) mass is 933 g/mol. The largest absolute Gasteiger partial charge is 0.446 e. The van der Waals surface area contributed by atoms with E-state index in [1.807, 2.05) is 0 Å². The molecule has 0 rings (SSSR count). The van der Waals surface area contributed by atoms with Crippen molar-refractivity contribution < 1.29 is 43.9 Å². The fraction of sp³-hybridized carbons (Fsp3) is 0.842. The molecular formula is C57H104O9. The molecule has 0 aliphatic heterocycles. The summed E-state index contributed by atoms with van der Waals surface area (Å²) < 4.78 is 15.6. The van der Waals surface area contributed by atoms with Crippen molar-refractivity contribution in [3.8, 4) is 0 Å². The van der Waals surface area contributed by atoms with Gasteiger partial charge in [0.25, 0.3) is 0 Å². The van der Waals surface area contributed by atoms with E-state index in [1.165, 1.54) is 116 Å². The van der Waals surface area contributed by atoms with Crippen molar-refractivity contribution >= 4 is 17.9 Å². The Labute approximate surface area is 405 Å². The lowest BCUT2D eigenvalue weighted by atomic mass is 10.1. The van der Waals surface area contributed by atoms with Crippen LogP contribution in [-0.4, -0.2) is 51.6 Å². The van der Waals surface area contributed by atoms with Crippen molar-refractivity contribution in [1.82, 2.24) is 0 Å². The Balaban J connectivity index is 4.91. The van der Waals surface area contributed by atoms with Gasteiger partial charge in [0, 0.05) is 19.3 Å². The van der Waals surface area contributed by atoms with E-state index in [1.54, 1.807) is 0 Å². The number of esters is 3. The average molecular weight is 933 g/mol. The number of allylic oxidation sites excluding steroid dienone is 6. The predicted molar refractivity (Wildman–Crippen MR) is 274 cm³/mol. The smallest absolute Gasteiger partial charge is 0.420 e. The van der Waals surface area contributed by atoms with Gasteiger partial charge in [-0.1, -0.05) is 211 Å². The standard InChI is InChI=1S/C57H104O9/c1-4-7-10-13-16-19-22-25-28-31-34-37-40-43-46-49-53(59)64-56(62,52-58)57(63,65-54(60)50-47-44-41-38-35-32-29-26-23-20-17-14-11-8-5-2)66-55(61)51-48-45-42-39-36-33-30-27-24-21-18-15-12-9-6-3/h25-30,58,62-63H,4-24,31-52H2,1-3H3/b28-25-,29-26-,30-27-. The average Bonchev–Trinajstić information content (AvgIpc) is 3.30. The minimum absolute atomic E-state index is 0.0950. The van der Waals surface area contributed by atoms with Gasteiger partial charge < -0.3 is 29.5 Å². The Morgan fingerprint density at radius 3 is 0.788 bits per heavy atom. The van der Waals surface area contributed by atoms with E-state index in [0.717, 1.165) is 116 Å². The van der Waals surface area contributed by atoms with Crippen LogP contribution >= 0.6 is 0 Å². The fourth-order valence-electron chi connectivity index (χ4n) is 8.05. The molecule has 0 heterocycles. The molecule has 0 amide bonds. The van der Waals surface area contributed by atoms with Crippen molar-refractivity contribution in [2.45, 2.75) is 302 Å². The molecule has 0 aliphatic rings. The zero-order chi connectivity index (χ0) is 48.5. The highest BCUT2D eigenvalue weighted by Crippen LogP contribution is 2.30. The van der Waals surface area contributed by atoms with Crippen LogP contribution in [0, 0.1) is 0 Å². The summed E-state index contributed by atoms with van der Waals surface area (Å²) in [5.41, 5.74) is 0. The van der Waals surface area contributed by atoms with Crippen molar-refractivity contribution in [2.24, 2.45) is 0 Å². The van der Waals surface area contributed by atoms with Crippen molar-refractivity contribution in [3.05, 3.63) is 36.5 Å². The van der Waals surface area contributed by atoms with Crippen LogP contribution in [0.15, 0.2) is 36.5 Å². The van der Waals surface area contributed by atoms with E-state index in [2.05, 4.69) is 57.2 Å². The van der Waals surface area contributed by atoms with Crippen LogP contribution in [0.1, 0.15) is 290 Å². The van der Waals surface area contributed by atoms with Gasteiger partial charge in [-0.05, 0) is 96.3 Å². The summed E-state index contributed by atoms with van der Waals surface area (Å²) in [6, 6.07) is 0. The van der Waals surface area contributed by atoms with Gasteiger partial charge in [0.05, 0.1) is 0 Å². The highest BCUT2D eigenvalue weighted by molar-refractivity contribution is 5.73. The summed E-state index contributed by atoms with van der Waals surface area (Å²) in [5, 5.41) is 33.1. The zero-order valence-electron chi connectivity index (χ0n) is 43.2. The van der Waals surface area contributed by atoms with Gasteiger partial charge in [0.2, 0.25) is 0 Å². The number of aliphatic hydroxyl groups is 3. The van der Waals surface area contributed by atoms with E-state index in [4.69, 9.17) is 14.2 Å². The van der Waals surface area contributed by atoms with E-state index < -0.39 is 36.3 Å². The number of carbonyl (C=O) groups excluding carboxylic acids is 3. The highest BCUT2D eigenvalue weighted by Gasteiger charge is 2.61. The number of ether oxygens (including phenoxy) is 3. The van der Waals surface area contributed by atoms with Gasteiger partial charge in [-0.2, -0.15) is 0 Å². The summed E-state index contributed by atoms with van der Waals surface area (Å²) in [7, 11) is 0. The third-order valence-electron chi connectivity index (χ3n) is 12.4. The van der Waals surface area contributed by atoms with E-state index >= 15 is 0 Å². The maximum absolute atomic E-state index is 13.0. The van der Waals surface area contributed by atoms with Crippen LogP contribution in [0.25, 0.3) is 0 Å². The maximum Gasteiger partial charge on any atom is 0.446 e. The SMILES string of the molecule is CCCCCCCC/C=C\CCCCCCCC(=O)OC(O)(CO)C(O)(OC(=O)CCCCCCC/C=C\CCCCCCCC)OC(=O)CCCCCCC/C=C\CCCCCCCC. The minimum Gasteiger partial charge on any atom is -0.420 e. The van der Waals surface area contributed by atoms with E-state index in [-0.39, 0.29) is 19.3 Å². The molecule has 386 valence electrons. The predicted octanol–water partition coefficient (Wildman–Crippen LogP) is 16.1. The lowest BCUT2D eigenvalue weighted by molar-refractivity contribution is -0.448. The molecular weight excluding hydrogens is 829 g/mol. The van der Waals surface area contributed by atoms with Crippen LogP contribution in [0.4, 0.5) is 0 Å². The Hall–Kier alpha value is -2.49. The van der Waals surface area contributed by atoms with E-state index in [0.29, 0.717) is 19.3 Å². The molecule has 0 aromatic carbocycles. The Morgan fingerprint density at radius 1 is 0.333 bits per heavy atom. The van der Waals surface area contributed by atoms with Gasteiger partial charge in [0.15, 0.2) is 0 Å². The molecule has 0 aliphatic carbocycles. The van der Waals surface area contributed by atoms with Crippen molar-refractivity contribution in [1.29, 1.82) is 0 Å². The number of rotatable bonds is 50. The highest BCUT2D eigenvalue weighted by atomic mass is 16.9. The first-order chi connectivity index (χ1) is 32.2. The van der Waals surface area contributed by atoms with Crippen molar-refractivity contribution in [3.63, 3.8) is 0 Å². The number of unbranched alkanes of at least 4 members (excludes halogenated alkanes) is 33. The molecule has 3 N–H and O–H groups in total. The van der Waals surface area contributed by atoms with Crippen LogP contribution < -0.4 is 0 Å². The number of hydrogen-bond acceptors (Lipinski definition) is 9. The number of hydrogen-bond donors (Lipinski definition) is 3. The van der Waals surface area contributed by atoms with Gasteiger partial charge in [-0.15, -0.1) is 0 Å². The Morgan fingerprint density at radius 2 is 0.545 bits per heavy atom. The van der Waals surface area contributed by atoms with Crippen LogP contribution in [0.5, 0.6) is 0 Å². The topological polar surface area (TPSA) is 140 Å². The molecule has 0 radical (unpaired) electrons. The first kappa shape index (κ1) is 63.5. The quantitative estimate of drug-likeness (QED) is 0.0235. The fourth-order valence-corrected chi connectivity index (χ4v) is 8.05. The molecule has 0 saturated heterocycles. The second-order valence-electron chi connectivity index (χ2n) is 18.9. The first-order valence-corrected chi connectivity index (χ1v) is 27.8. The lowest BCUT2D eigenvalue weighted by Crippen LogP contribution is -2.63. The van der Waals surface area contributed by atoms with Crippen LogP contribution in [0.2, 0.25) is 0 Å². The molecule has 66 heavy (non-hydrogen) atoms. The summed E-state index contributed by atoms with van der Waals surface area (Å²) in [6.07, 6.45) is 55.9. The third kappa shape index (κ3) is 39.5. The van der Waals surface area contributed by atoms with Crippen LogP contribution in [0.3, 0.4) is 0 Å². The van der Waals surface area contributed by atoms with Crippen LogP contribution in [-0.2, 0) is 28.6 Å². The van der Waals surface area contributed by atoms with Gasteiger partial charge >= 0.3 is 29.7 Å². The zero-order valence-corrected chi connectivity index (χ0v) is 43.2. The first-order valence-electron chi connectivity index (χ1n) is 27.8. The maximum atomic E-state index is 13.0. The van der Waals surface area contributed by atoms with Crippen molar-refractivity contribution in [2.75, 3.05) is 6.61 Å². The van der Waals surface area contributed by atoms with Gasteiger partial charge in [-0.25, -0.2) is 0 Å². The lowest BCUT2D eigenvalue weighted by Gasteiger charge is -2.38. The summed E-state index contributed by atoms with van der Waals surface area (Å²) >= 11 is 0. The third-order valence-corrected chi connectivity index (χ3v) is 12.4. The summed E-state index contributed by atoms with van der Waals surface area (Å²) in [5.74, 6) is -9.42. The number of aliphatic hydroxyl groups excluding tert-OH is 1. The normalized spacial score (nSPS) is 13.0. The second kappa shape index (κ2) is 47.6. The summed E-state index contributed by atoms with van der Waals surface area (Å²) in [4.78, 5) is 39.0. The molecule has 0 aromatic rings. The molecule has 1 atom stereocenters. The molecule has 9 heteroatoms. The van der Waals surface area contributed by atoms with Gasteiger partial charge in [-0.3, -0.25) is 14.4 Å². The number of carbonyl (C=O) groups is 3. The minimum atomic E-state index is -3.42. The molecule has 0 aromatic heterocycles. The molecule has 0 fully saturated rings. The molecule has 1 unspecified atom stereocenters. The van der Waals surface area contributed by atoms with E-state index in [9.17, 15) is 29.7 Å². The molecule has 0 bridgehead atoms. The van der Waals surface area contributed by atoms with Gasteiger partial charge in [0.1, 0.15) is 6.61 Å².